The van der Waals surface area contributed by atoms with E-state index < -0.39 is 5.60 Å². The number of hydrogen-bond acceptors (Lipinski definition) is 3. The standard InChI is InChI=1S/C12H22N2O2/c1-12(2,3)16-11(15)14-6-9(8-4-5-8)10(13)7-14/h8-10H,4-7,13H2,1-3H3/t9-,10-/m1/s1. The maximum absolute atomic E-state index is 11.8. The van der Waals surface area contributed by atoms with Crippen LogP contribution < -0.4 is 5.73 Å². The zero-order valence-electron chi connectivity index (χ0n) is 10.4. The normalized spacial score (nSPS) is 30.6. The maximum atomic E-state index is 11.8. The van der Waals surface area contributed by atoms with Crippen LogP contribution >= 0.6 is 0 Å². The monoisotopic (exact) mass is 226 g/mol. The Morgan fingerprint density at radius 1 is 1.31 bits per heavy atom. The molecule has 4 nitrogen and oxygen atoms in total. The summed E-state index contributed by atoms with van der Waals surface area (Å²) in [7, 11) is 0. The zero-order valence-corrected chi connectivity index (χ0v) is 10.4. The van der Waals surface area contributed by atoms with Gasteiger partial charge in [-0.1, -0.05) is 0 Å². The molecule has 2 N–H and O–H groups in total. The number of ether oxygens (including phenoxy) is 1. The minimum Gasteiger partial charge on any atom is -0.444 e. The predicted molar refractivity (Wildman–Crippen MR) is 62.0 cm³/mol. The molecule has 0 aromatic carbocycles. The Bertz CT molecular complexity index is 281. The summed E-state index contributed by atoms with van der Waals surface area (Å²) in [6, 6.07) is 0.139. The number of likely N-dealkylation sites (tertiary alicyclic amines) is 1. The molecule has 0 aromatic rings. The second-order valence-electron chi connectivity index (χ2n) is 6.05. The van der Waals surface area contributed by atoms with Crippen LogP contribution in [-0.2, 0) is 4.74 Å². The first-order valence-corrected chi connectivity index (χ1v) is 6.10. The van der Waals surface area contributed by atoms with E-state index >= 15 is 0 Å². The first-order valence-electron chi connectivity index (χ1n) is 6.10. The summed E-state index contributed by atoms with van der Waals surface area (Å²) >= 11 is 0. The number of nitrogens with two attached hydrogens (primary N) is 1. The van der Waals surface area contributed by atoms with E-state index in [0.29, 0.717) is 12.5 Å². The third kappa shape index (κ3) is 2.67. The van der Waals surface area contributed by atoms with Crippen molar-refractivity contribution in [1.29, 1.82) is 0 Å². The van der Waals surface area contributed by atoms with Gasteiger partial charge in [-0.15, -0.1) is 0 Å². The molecule has 0 spiro atoms. The molecule has 1 aliphatic heterocycles. The van der Waals surface area contributed by atoms with Crippen molar-refractivity contribution in [2.24, 2.45) is 17.6 Å². The highest BCUT2D eigenvalue weighted by Crippen LogP contribution is 2.41. The molecule has 92 valence electrons. The fourth-order valence-corrected chi connectivity index (χ4v) is 2.35. The highest BCUT2D eigenvalue weighted by molar-refractivity contribution is 5.68. The molecular formula is C12H22N2O2. The Balaban J connectivity index is 1.89. The van der Waals surface area contributed by atoms with Gasteiger partial charge in [0.15, 0.2) is 0 Å². The van der Waals surface area contributed by atoms with Gasteiger partial charge in [0, 0.05) is 19.1 Å². The number of amides is 1. The lowest BCUT2D eigenvalue weighted by molar-refractivity contribution is 0.0285. The molecule has 0 radical (unpaired) electrons. The van der Waals surface area contributed by atoms with Crippen LogP contribution in [0.5, 0.6) is 0 Å². The van der Waals surface area contributed by atoms with Crippen LogP contribution in [0.4, 0.5) is 4.79 Å². The third-order valence-corrected chi connectivity index (χ3v) is 3.29. The van der Waals surface area contributed by atoms with Gasteiger partial charge < -0.3 is 15.4 Å². The van der Waals surface area contributed by atoms with E-state index in [-0.39, 0.29) is 12.1 Å². The fourth-order valence-electron chi connectivity index (χ4n) is 2.35. The molecule has 1 saturated heterocycles. The number of carbonyl (C=O) groups is 1. The van der Waals surface area contributed by atoms with Gasteiger partial charge in [-0.25, -0.2) is 4.79 Å². The van der Waals surface area contributed by atoms with E-state index in [2.05, 4.69) is 0 Å². The molecular weight excluding hydrogens is 204 g/mol. The Hall–Kier alpha value is -0.770. The molecule has 16 heavy (non-hydrogen) atoms. The molecule has 0 aromatic heterocycles. The van der Waals surface area contributed by atoms with Crippen molar-refractivity contribution in [2.75, 3.05) is 13.1 Å². The molecule has 1 amide bonds. The Morgan fingerprint density at radius 2 is 1.94 bits per heavy atom. The van der Waals surface area contributed by atoms with Gasteiger partial charge in [-0.05, 0) is 45.4 Å². The van der Waals surface area contributed by atoms with Crippen molar-refractivity contribution in [3.05, 3.63) is 0 Å². The summed E-state index contributed by atoms with van der Waals surface area (Å²) in [5.41, 5.74) is 5.64. The second-order valence-corrected chi connectivity index (χ2v) is 6.05. The molecule has 2 aliphatic rings. The predicted octanol–water partition coefficient (Wildman–Crippen LogP) is 1.59. The van der Waals surface area contributed by atoms with Crippen molar-refractivity contribution >= 4 is 6.09 Å². The number of rotatable bonds is 1. The average Bonchev–Trinajstić information content (AvgIpc) is 2.87. The maximum Gasteiger partial charge on any atom is 0.410 e. The minimum atomic E-state index is -0.418. The lowest BCUT2D eigenvalue weighted by Gasteiger charge is -2.24. The number of nitrogens with zero attached hydrogens (tertiary/aromatic N) is 1. The smallest absolute Gasteiger partial charge is 0.410 e. The lowest BCUT2D eigenvalue weighted by Crippen LogP contribution is -2.36. The van der Waals surface area contributed by atoms with E-state index in [0.717, 1.165) is 12.5 Å². The number of carbonyl (C=O) groups excluding carboxylic acids is 1. The van der Waals surface area contributed by atoms with E-state index in [9.17, 15) is 4.79 Å². The summed E-state index contributed by atoms with van der Waals surface area (Å²) in [5, 5.41) is 0. The van der Waals surface area contributed by atoms with Crippen molar-refractivity contribution in [1.82, 2.24) is 4.90 Å². The van der Waals surface area contributed by atoms with Crippen molar-refractivity contribution in [3.63, 3.8) is 0 Å². The molecule has 2 rings (SSSR count). The van der Waals surface area contributed by atoms with Crippen LogP contribution in [0.1, 0.15) is 33.6 Å². The van der Waals surface area contributed by atoms with E-state index in [1.54, 1.807) is 4.90 Å². The summed E-state index contributed by atoms with van der Waals surface area (Å²) < 4.78 is 5.35. The SMILES string of the molecule is CC(C)(C)OC(=O)N1C[C@@H](N)[C@@H](C2CC2)C1. The van der Waals surface area contributed by atoms with E-state index in [1.165, 1.54) is 12.8 Å². The second kappa shape index (κ2) is 3.91. The van der Waals surface area contributed by atoms with Crippen LogP contribution in [-0.4, -0.2) is 35.7 Å². The van der Waals surface area contributed by atoms with Gasteiger partial charge in [0.25, 0.3) is 0 Å². The van der Waals surface area contributed by atoms with E-state index in [4.69, 9.17) is 10.5 Å². The summed E-state index contributed by atoms with van der Waals surface area (Å²) in [6.45, 7) is 7.09. The Kier molecular flexibility index (Phi) is 2.86. The molecule has 2 atom stereocenters. The molecule has 2 fully saturated rings. The average molecular weight is 226 g/mol. The van der Waals surface area contributed by atoms with Crippen molar-refractivity contribution in [2.45, 2.75) is 45.3 Å². The van der Waals surface area contributed by atoms with E-state index in [1.807, 2.05) is 20.8 Å². The van der Waals surface area contributed by atoms with Gasteiger partial charge in [-0.3, -0.25) is 0 Å². The van der Waals surface area contributed by atoms with Gasteiger partial charge in [0.1, 0.15) is 5.60 Å². The topological polar surface area (TPSA) is 55.6 Å². The first kappa shape index (κ1) is 11.7. The summed E-state index contributed by atoms with van der Waals surface area (Å²) in [4.78, 5) is 13.6. The molecule has 1 heterocycles. The van der Waals surface area contributed by atoms with Crippen molar-refractivity contribution in [3.8, 4) is 0 Å². The highest BCUT2D eigenvalue weighted by Gasteiger charge is 2.43. The molecule has 0 bridgehead atoms. The molecule has 1 saturated carbocycles. The Labute approximate surface area is 97.1 Å². The fraction of sp³-hybridized carbons (Fsp3) is 0.917. The molecule has 1 aliphatic carbocycles. The van der Waals surface area contributed by atoms with Crippen molar-refractivity contribution < 1.29 is 9.53 Å². The molecule has 0 unspecified atom stereocenters. The largest absolute Gasteiger partial charge is 0.444 e. The zero-order chi connectivity index (χ0) is 11.9. The molecule has 4 heteroatoms. The quantitative estimate of drug-likeness (QED) is 0.738. The van der Waals surface area contributed by atoms with Gasteiger partial charge in [0.05, 0.1) is 0 Å². The summed E-state index contributed by atoms with van der Waals surface area (Å²) in [5.74, 6) is 1.25. The number of hydrogen-bond donors (Lipinski definition) is 1. The van der Waals surface area contributed by atoms with Crippen LogP contribution in [0.2, 0.25) is 0 Å². The van der Waals surface area contributed by atoms with Gasteiger partial charge in [0.2, 0.25) is 0 Å². The lowest BCUT2D eigenvalue weighted by atomic mass is 9.99. The van der Waals surface area contributed by atoms with Gasteiger partial charge >= 0.3 is 6.09 Å². The van der Waals surface area contributed by atoms with Crippen LogP contribution in [0.15, 0.2) is 0 Å². The van der Waals surface area contributed by atoms with Gasteiger partial charge in [-0.2, -0.15) is 0 Å². The Morgan fingerprint density at radius 3 is 2.44 bits per heavy atom. The van der Waals surface area contributed by atoms with Crippen LogP contribution in [0.3, 0.4) is 0 Å². The first-order chi connectivity index (χ1) is 7.37. The summed E-state index contributed by atoms with van der Waals surface area (Å²) in [6.07, 6.45) is 2.34. The third-order valence-electron chi connectivity index (χ3n) is 3.29. The highest BCUT2D eigenvalue weighted by atomic mass is 16.6. The van der Waals surface area contributed by atoms with Crippen LogP contribution in [0, 0.1) is 11.8 Å². The van der Waals surface area contributed by atoms with Crippen LogP contribution in [0.25, 0.3) is 0 Å². The minimum absolute atomic E-state index is 0.139.